The van der Waals surface area contributed by atoms with Crippen LogP contribution in [0.25, 0.3) is 6.08 Å². The molecule has 0 aliphatic rings. The molecule has 1 rings (SSSR count). The van der Waals surface area contributed by atoms with Crippen LogP contribution in [0.1, 0.15) is 12.0 Å². The van der Waals surface area contributed by atoms with Gasteiger partial charge in [-0.3, -0.25) is 0 Å². The largest absolute Gasteiger partial charge is 0.435 e. The van der Waals surface area contributed by atoms with Gasteiger partial charge in [-0.25, -0.2) is 0 Å². The zero-order chi connectivity index (χ0) is 11.8. The Bertz CT molecular complexity index is 340. The minimum absolute atomic E-state index is 0.186. The van der Waals surface area contributed by atoms with Gasteiger partial charge < -0.3 is 10.1 Å². The molecule has 0 heterocycles. The maximum Gasteiger partial charge on any atom is 0.387 e. The van der Waals surface area contributed by atoms with Crippen LogP contribution in [-0.2, 0) is 0 Å². The number of benzene rings is 1. The van der Waals surface area contributed by atoms with Gasteiger partial charge in [-0.1, -0.05) is 24.3 Å². The number of ether oxygens (including phenoxy) is 1. The van der Waals surface area contributed by atoms with Gasteiger partial charge in [0, 0.05) is 0 Å². The van der Waals surface area contributed by atoms with E-state index in [1.54, 1.807) is 12.1 Å². The van der Waals surface area contributed by atoms with E-state index in [2.05, 4.69) is 10.1 Å². The molecule has 0 saturated heterocycles. The number of alkyl halides is 2. The third-order valence-electron chi connectivity index (χ3n) is 1.95. The summed E-state index contributed by atoms with van der Waals surface area (Å²) in [5, 5.41) is 3.02. The highest BCUT2D eigenvalue weighted by Crippen LogP contribution is 2.16. The average molecular weight is 227 g/mol. The lowest BCUT2D eigenvalue weighted by Gasteiger charge is -2.04. The average Bonchev–Trinajstić information content (AvgIpc) is 2.24. The molecular weight excluding hydrogens is 212 g/mol. The van der Waals surface area contributed by atoms with E-state index in [0.717, 1.165) is 18.5 Å². The van der Waals surface area contributed by atoms with Gasteiger partial charge in [0.2, 0.25) is 0 Å². The monoisotopic (exact) mass is 227 g/mol. The van der Waals surface area contributed by atoms with Crippen molar-refractivity contribution >= 4 is 6.08 Å². The molecule has 0 radical (unpaired) electrons. The summed E-state index contributed by atoms with van der Waals surface area (Å²) >= 11 is 0. The molecule has 0 saturated carbocycles. The minimum Gasteiger partial charge on any atom is -0.435 e. The van der Waals surface area contributed by atoms with Crippen LogP contribution in [0.4, 0.5) is 8.78 Å². The topological polar surface area (TPSA) is 21.3 Å². The summed E-state index contributed by atoms with van der Waals surface area (Å²) in [7, 11) is 1.88. The summed E-state index contributed by atoms with van der Waals surface area (Å²) < 4.78 is 28.2. The fraction of sp³-hybridized carbons (Fsp3) is 0.333. The highest BCUT2D eigenvalue weighted by atomic mass is 19.3. The maximum absolute atomic E-state index is 12.0. The first-order valence-electron chi connectivity index (χ1n) is 5.08. The lowest BCUT2D eigenvalue weighted by molar-refractivity contribution is -0.0498. The normalized spacial score (nSPS) is 11.2. The highest BCUT2D eigenvalue weighted by Gasteiger charge is 2.03. The summed E-state index contributed by atoms with van der Waals surface area (Å²) in [5.41, 5.74) is 0.856. The van der Waals surface area contributed by atoms with Crippen molar-refractivity contribution in [2.75, 3.05) is 13.6 Å². The van der Waals surface area contributed by atoms with Gasteiger partial charge in [-0.2, -0.15) is 8.78 Å². The molecule has 0 spiro atoms. The number of hydrogen-bond acceptors (Lipinski definition) is 2. The Hall–Kier alpha value is -1.42. The van der Waals surface area contributed by atoms with E-state index >= 15 is 0 Å². The number of rotatable bonds is 6. The van der Waals surface area contributed by atoms with E-state index in [-0.39, 0.29) is 5.75 Å². The van der Waals surface area contributed by atoms with Crippen molar-refractivity contribution < 1.29 is 13.5 Å². The first-order chi connectivity index (χ1) is 7.72. The zero-order valence-electron chi connectivity index (χ0n) is 9.12. The van der Waals surface area contributed by atoms with Gasteiger partial charge in [-0.15, -0.1) is 0 Å². The quantitative estimate of drug-likeness (QED) is 0.754. The highest BCUT2D eigenvalue weighted by molar-refractivity contribution is 5.51. The molecule has 0 aliphatic carbocycles. The Morgan fingerprint density at radius 2 is 2.25 bits per heavy atom. The van der Waals surface area contributed by atoms with Crippen LogP contribution < -0.4 is 10.1 Å². The van der Waals surface area contributed by atoms with Gasteiger partial charge >= 0.3 is 6.61 Å². The van der Waals surface area contributed by atoms with Gasteiger partial charge in [0.1, 0.15) is 5.75 Å². The second kappa shape index (κ2) is 6.95. The summed E-state index contributed by atoms with van der Waals surface area (Å²) in [4.78, 5) is 0. The smallest absolute Gasteiger partial charge is 0.387 e. The maximum atomic E-state index is 12.0. The van der Waals surface area contributed by atoms with Crippen LogP contribution >= 0.6 is 0 Å². The van der Waals surface area contributed by atoms with E-state index in [4.69, 9.17) is 0 Å². The first kappa shape index (κ1) is 12.6. The predicted octanol–water partition coefficient (Wildman–Crippen LogP) is 2.91. The molecule has 0 unspecified atom stereocenters. The van der Waals surface area contributed by atoms with Gasteiger partial charge in [0.25, 0.3) is 0 Å². The van der Waals surface area contributed by atoms with Crippen molar-refractivity contribution in [3.63, 3.8) is 0 Å². The Labute approximate surface area is 93.9 Å². The lowest BCUT2D eigenvalue weighted by atomic mass is 10.2. The fourth-order valence-corrected chi connectivity index (χ4v) is 1.24. The van der Waals surface area contributed by atoms with Crippen LogP contribution in [0.15, 0.2) is 30.3 Å². The number of nitrogens with one attached hydrogen (secondary N) is 1. The molecule has 0 fully saturated rings. The van der Waals surface area contributed by atoms with Crippen molar-refractivity contribution in [2.45, 2.75) is 13.0 Å². The molecule has 0 bridgehead atoms. The summed E-state index contributed by atoms with van der Waals surface area (Å²) in [6.45, 7) is -1.88. The van der Waals surface area contributed by atoms with E-state index in [1.165, 1.54) is 6.07 Å². The first-order valence-corrected chi connectivity index (χ1v) is 5.08. The lowest BCUT2D eigenvalue weighted by Crippen LogP contribution is -2.05. The van der Waals surface area contributed by atoms with E-state index in [9.17, 15) is 8.78 Å². The standard InChI is InChI=1S/C12H15F2NO/c1-15-8-3-2-5-10-6-4-7-11(9-10)16-12(13)14/h2,4-7,9,12,15H,3,8H2,1H3. The molecule has 0 aliphatic heterocycles. The molecule has 1 N–H and O–H groups in total. The zero-order valence-corrected chi connectivity index (χ0v) is 9.12. The van der Waals surface area contributed by atoms with Crippen molar-refractivity contribution in [1.29, 1.82) is 0 Å². The Morgan fingerprint density at radius 3 is 2.94 bits per heavy atom. The SMILES string of the molecule is CNCCC=Cc1cccc(OC(F)F)c1. The number of halogens is 2. The Balaban J connectivity index is 2.56. The third-order valence-corrected chi connectivity index (χ3v) is 1.95. The fourth-order valence-electron chi connectivity index (χ4n) is 1.24. The molecule has 16 heavy (non-hydrogen) atoms. The Kier molecular flexibility index (Phi) is 5.50. The minimum atomic E-state index is -2.77. The van der Waals surface area contributed by atoms with Crippen LogP contribution in [0.3, 0.4) is 0 Å². The van der Waals surface area contributed by atoms with E-state index in [0.29, 0.717) is 0 Å². The van der Waals surface area contributed by atoms with Gasteiger partial charge in [0.05, 0.1) is 0 Å². The molecule has 2 nitrogen and oxygen atoms in total. The molecule has 0 amide bonds. The second-order valence-corrected chi connectivity index (χ2v) is 3.25. The molecule has 4 heteroatoms. The molecule has 88 valence electrons. The van der Waals surface area contributed by atoms with E-state index < -0.39 is 6.61 Å². The molecule has 1 aromatic carbocycles. The van der Waals surface area contributed by atoms with Crippen LogP contribution in [0.5, 0.6) is 5.75 Å². The van der Waals surface area contributed by atoms with E-state index in [1.807, 2.05) is 25.3 Å². The third kappa shape index (κ3) is 4.89. The summed E-state index contributed by atoms with van der Waals surface area (Å²) in [5.74, 6) is 0.186. The van der Waals surface area contributed by atoms with Gasteiger partial charge in [-0.05, 0) is 37.7 Å². The van der Waals surface area contributed by atoms with Crippen molar-refractivity contribution in [3.05, 3.63) is 35.9 Å². The summed E-state index contributed by atoms with van der Waals surface area (Å²) in [6, 6.07) is 6.63. The van der Waals surface area contributed by atoms with Gasteiger partial charge in [0.15, 0.2) is 0 Å². The molecule has 0 atom stereocenters. The van der Waals surface area contributed by atoms with Crippen LogP contribution in [0, 0.1) is 0 Å². The van der Waals surface area contributed by atoms with Crippen LogP contribution in [0.2, 0.25) is 0 Å². The Morgan fingerprint density at radius 1 is 1.44 bits per heavy atom. The van der Waals surface area contributed by atoms with Crippen molar-refractivity contribution in [2.24, 2.45) is 0 Å². The molecular formula is C12H15F2NO. The predicted molar refractivity (Wildman–Crippen MR) is 60.7 cm³/mol. The van der Waals surface area contributed by atoms with Crippen molar-refractivity contribution in [1.82, 2.24) is 5.32 Å². The van der Waals surface area contributed by atoms with Crippen LogP contribution in [-0.4, -0.2) is 20.2 Å². The molecule has 0 aromatic heterocycles. The second-order valence-electron chi connectivity index (χ2n) is 3.25. The molecule has 1 aromatic rings. The van der Waals surface area contributed by atoms with Crippen molar-refractivity contribution in [3.8, 4) is 5.75 Å². The summed E-state index contributed by atoms with van der Waals surface area (Å²) in [6.07, 6.45) is 4.77. The number of hydrogen-bond donors (Lipinski definition) is 1.